The number of anilines is 1. The van der Waals surface area contributed by atoms with Gasteiger partial charge in [0.15, 0.2) is 0 Å². The monoisotopic (exact) mass is 234 g/mol. The fourth-order valence-corrected chi connectivity index (χ4v) is 1.99. The molecule has 0 saturated carbocycles. The molecule has 0 aromatic carbocycles. The van der Waals surface area contributed by atoms with Gasteiger partial charge in [0.1, 0.15) is 5.82 Å². The Morgan fingerprint density at radius 1 is 1.18 bits per heavy atom. The van der Waals surface area contributed by atoms with Gasteiger partial charge in [-0.15, -0.1) is 0 Å². The molecule has 0 spiro atoms. The average molecular weight is 234 g/mol. The largest absolute Gasteiger partial charge is 0.353 e. The molecule has 0 aliphatic carbocycles. The van der Waals surface area contributed by atoms with E-state index in [9.17, 15) is 0 Å². The van der Waals surface area contributed by atoms with Crippen LogP contribution in [0, 0.1) is 0 Å². The lowest BCUT2D eigenvalue weighted by Gasteiger charge is -2.33. The molecule has 2 rings (SSSR count). The van der Waals surface area contributed by atoms with E-state index < -0.39 is 0 Å². The third-order valence-corrected chi connectivity index (χ3v) is 3.60. The summed E-state index contributed by atoms with van der Waals surface area (Å²) in [7, 11) is 2.16. The first-order valence-electron chi connectivity index (χ1n) is 6.46. The van der Waals surface area contributed by atoms with Crippen LogP contribution in [0.5, 0.6) is 0 Å². The van der Waals surface area contributed by atoms with Gasteiger partial charge in [-0.2, -0.15) is 0 Å². The lowest BCUT2D eigenvalue weighted by atomic mass is 10.1. The molecule has 1 fully saturated rings. The predicted octanol–water partition coefficient (Wildman–Crippen LogP) is 1.74. The van der Waals surface area contributed by atoms with Crippen LogP contribution >= 0.6 is 0 Å². The van der Waals surface area contributed by atoms with E-state index in [1.807, 2.05) is 12.4 Å². The number of likely N-dealkylation sites (N-methyl/N-ethyl adjacent to an activating group) is 1. The third-order valence-electron chi connectivity index (χ3n) is 3.60. The Labute approximate surface area is 104 Å². The molecular formula is C13H22N4. The van der Waals surface area contributed by atoms with Crippen LogP contribution in [0.4, 0.5) is 5.82 Å². The molecule has 0 bridgehead atoms. The summed E-state index contributed by atoms with van der Waals surface area (Å²) in [5, 5.41) is 0. The van der Waals surface area contributed by atoms with Crippen molar-refractivity contribution in [2.45, 2.75) is 26.2 Å². The second kappa shape index (κ2) is 5.45. The molecule has 0 amide bonds. The standard InChI is InChI=1S/C13H22N4/c1-4-11(2)12-9-15-13(10-14-12)17-7-5-16(3)6-8-17/h9-11H,4-8H2,1-3H3. The predicted molar refractivity (Wildman–Crippen MR) is 70.4 cm³/mol. The normalized spacial score (nSPS) is 19.4. The fraction of sp³-hybridized carbons (Fsp3) is 0.692. The first kappa shape index (κ1) is 12.3. The van der Waals surface area contributed by atoms with E-state index >= 15 is 0 Å². The highest BCUT2D eigenvalue weighted by Crippen LogP contribution is 2.17. The summed E-state index contributed by atoms with van der Waals surface area (Å²) in [6.07, 6.45) is 4.97. The maximum atomic E-state index is 4.54. The Balaban J connectivity index is 2.02. The van der Waals surface area contributed by atoms with E-state index in [1.54, 1.807) is 0 Å². The van der Waals surface area contributed by atoms with Crippen LogP contribution in [0.1, 0.15) is 31.9 Å². The molecule has 1 aliphatic heterocycles. The zero-order valence-corrected chi connectivity index (χ0v) is 11.1. The highest BCUT2D eigenvalue weighted by molar-refractivity contribution is 5.36. The minimum atomic E-state index is 0.504. The number of piperazine rings is 1. The molecule has 1 atom stereocenters. The zero-order chi connectivity index (χ0) is 12.3. The average Bonchev–Trinajstić information content (AvgIpc) is 2.39. The summed E-state index contributed by atoms with van der Waals surface area (Å²) in [5.74, 6) is 1.52. The van der Waals surface area contributed by atoms with Crippen molar-refractivity contribution in [1.29, 1.82) is 0 Å². The number of aromatic nitrogens is 2. The van der Waals surface area contributed by atoms with Crippen LogP contribution in [-0.4, -0.2) is 48.1 Å². The number of hydrogen-bond donors (Lipinski definition) is 0. The van der Waals surface area contributed by atoms with Gasteiger partial charge in [0.25, 0.3) is 0 Å². The number of rotatable bonds is 3. The Bertz CT molecular complexity index is 341. The van der Waals surface area contributed by atoms with E-state index in [1.165, 1.54) is 0 Å². The Hall–Kier alpha value is -1.16. The van der Waals surface area contributed by atoms with Crippen molar-refractivity contribution in [3.63, 3.8) is 0 Å². The quantitative estimate of drug-likeness (QED) is 0.797. The van der Waals surface area contributed by atoms with Gasteiger partial charge in [-0.3, -0.25) is 4.98 Å². The Morgan fingerprint density at radius 2 is 1.88 bits per heavy atom. The SMILES string of the molecule is CCC(C)c1cnc(N2CCN(C)CC2)cn1. The smallest absolute Gasteiger partial charge is 0.147 e. The third kappa shape index (κ3) is 2.94. The number of nitrogens with zero attached hydrogens (tertiary/aromatic N) is 4. The van der Waals surface area contributed by atoms with E-state index in [4.69, 9.17) is 0 Å². The van der Waals surface area contributed by atoms with E-state index in [0.29, 0.717) is 5.92 Å². The van der Waals surface area contributed by atoms with Crippen LogP contribution in [-0.2, 0) is 0 Å². The summed E-state index contributed by atoms with van der Waals surface area (Å²) in [6, 6.07) is 0. The molecule has 2 heterocycles. The number of hydrogen-bond acceptors (Lipinski definition) is 4. The van der Waals surface area contributed by atoms with Crippen LogP contribution in [0.2, 0.25) is 0 Å². The van der Waals surface area contributed by atoms with Crippen LogP contribution in [0.15, 0.2) is 12.4 Å². The van der Waals surface area contributed by atoms with Crippen LogP contribution in [0.3, 0.4) is 0 Å². The molecule has 1 aromatic rings. The fourth-order valence-electron chi connectivity index (χ4n) is 1.99. The highest BCUT2D eigenvalue weighted by Gasteiger charge is 2.15. The van der Waals surface area contributed by atoms with Gasteiger partial charge in [0, 0.05) is 26.2 Å². The van der Waals surface area contributed by atoms with Gasteiger partial charge < -0.3 is 9.80 Å². The molecule has 0 N–H and O–H groups in total. The molecule has 4 nitrogen and oxygen atoms in total. The summed E-state index contributed by atoms with van der Waals surface area (Å²) >= 11 is 0. The molecule has 4 heteroatoms. The maximum Gasteiger partial charge on any atom is 0.147 e. The van der Waals surface area contributed by atoms with Gasteiger partial charge in [-0.25, -0.2) is 4.98 Å². The second-order valence-corrected chi connectivity index (χ2v) is 4.90. The minimum Gasteiger partial charge on any atom is -0.353 e. The molecule has 1 unspecified atom stereocenters. The van der Waals surface area contributed by atoms with Crippen molar-refractivity contribution in [1.82, 2.24) is 14.9 Å². The van der Waals surface area contributed by atoms with Crippen molar-refractivity contribution in [2.75, 3.05) is 38.1 Å². The van der Waals surface area contributed by atoms with Crippen molar-refractivity contribution < 1.29 is 0 Å². The van der Waals surface area contributed by atoms with Crippen molar-refractivity contribution >= 4 is 5.82 Å². The second-order valence-electron chi connectivity index (χ2n) is 4.90. The highest BCUT2D eigenvalue weighted by atomic mass is 15.3. The Kier molecular flexibility index (Phi) is 3.94. The molecular weight excluding hydrogens is 212 g/mol. The van der Waals surface area contributed by atoms with E-state index in [0.717, 1.165) is 44.1 Å². The van der Waals surface area contributed by atoms with E-state index in [2.05, 4.69) is 40.7 Å². The van der Waals surface area contributed by atoms with Gasteiger partial charge in [0.2, 0.25) is 0 Å². The first-order chi connectivity index (χ1) is 8.20. The lowest BCUT2D eigenvalue weighted by molar-refractivity contribution is 0.312. The van der Waals surface area contributed by atoms with Crippen molar-refractivity contribution in [3.05, 3.63) is 18.1 Å². The van der Waals surface area contributed by atoms with Gasteiger partial charge in [0.05, 0.1) is 18.1 Å². The molecule has 1 aromatic heterocycles. The van der Waals surface area contributed by atoms with Gasteiger partial charge >= 0.3 is 0 Å². The van der Waals surface area contributed by atoms with Gasteiger partial charge in [-0.1, -0.05) is 13.8 Å². The molecule has 0 radical (unpaired) electrons. The summed E-state index contributed by atoms with van der Waals surface area (Å²) in [4.78, 5) is 13.7. The molecule has 94 valence electrons. The summed E-state index contributed by atoms with van der Waals surface area (Å²) < 4.78 is 0. The maximum absolute atomic E-state index is 4.54. The summed E-state index contributed by atoms with van der Waals surface area (Å²) in [6.45, 7) is 8.69. The topological polar surface area (TPSA) is 32.3 Å². The molecule has 17 heavy (non-hydrogen) atoms. The summed E-state index contributed by atoms with van der Waals surface area (Å²) in [5.41, 5.74) is 1.10. The molecule has 1 aliphatic rings. The van der Waals surface area contributed by atoms with E-state index in [-0.39, 0.29) is 0 Å². The lowest BCUT2D eigenvalue weighted by Crippen LogP contribution is -2.44. The van der Waals surface area contributed by atoms with Crippen LogP contribution in [0.25, 0.3) is 0 Å². The van der Waals surface area contributed by atoms with Crippen molar-refractivity contribution in [2.24, 2.45) is 0 Å². The van der Waals surface area contributed by atoms with Crippen molar-refractivity contribution in [3.8, 4) is 0 Å². The van der Waals surface area contributed by atoms with Gasteiger partial charge in [-0.05, 0) is 19.4 Å². The molecule has 1 saturated heterocycles. The minimum absolute atomic E-state index is 0.504. The van der Waals surface area contributed by atoms with Crippen LogP contribution < -0.4 is 4.90 Å². The Morgan fingerprint density at radius 3 is 2.41 bits per heavy atom. The zero-order valence-electron chi connectivity index (χ0n) is 11.1. The first-order valence-corrected chi connectivity index (χ1v) is 6.46.